The van der Waals surface area contributed by atoms with Gasteiger partial charge in [-0.1, -0.05) is 0 Å². The molecular formula is C5H6BF3O2-. The normalized spacial score (nSPS) is 12.0. The highest BCUT2D eigenvalue weighted by Crippen LogP contribution is 2.07. The number of rotatable bonds is 3. The quantitative estimate of drug-likeness (QED) is 0.358. The third kappa shape index (κ3) is 6.96. The monoisotopic (exact) mass is 166 g/mol. The van der Waals surface area contributed by atoms with Crippen LogP contribution in [0.25, 0.3) is 0 Å². The molecule has 0 amide bonds. The van der Waals surface area contributed by atoms with E-state index in [1.807, 2.05) is 0 Å². The van der Waals surface area contributed by atoms with Crippen LogP contribution in [0.5, 0.6) is 0 Å². The van der Waals surface area contributed by atoms with Crippen LogP contribution in [0, 0.1) is 5.98 Å². The van der Waals surface area contributed by atoms with Crippen molar-refractivity contribution in [1.82, 2.24) is 0 Å². The van der Waals surface area contributed by atoms with Crippen molar-refractivity contribution >= 4 is 12.9 Å². The van der Waals surface area contributed by atoms with Gasteiger partial charge in [0.2, 0.25) is 0 Å². The molecule has 0 rings (SSSR count). The molecule has 0 saturated heterocycles. The summed E-state index contributed by atoms with van der Waals surface area (Å²) in [5.74, 6) is -0.0522. The van der Waals surface area contributed by atoms with Gasteiger partial charge >= 0.3 is 12.9 Å². The Morgan fingerprint density at radius 2 is 2.18 bits per heavy atom. The van der Waals surface area contributed by atoms with Crippen LogP contribution in [0.4, 0.5) is 12.9 Å². The van der Waals surface area contributed by atoms with E-state index in [-0.39, 0.29) is 12.7 Å². The molecule has 0 bridgehead atoms. The van der Waals surface area contributed by atoms with Crippen LogP contribution in [-0.4, -0.2) is 19.6 Å². The summed E-state index contributed by atoms with van der Waals surface area (Å²) in [7, 11) is 0. The summed E-state index contributed by atoms with van der Waals surface area (Å²) in [5.41, 5.74) is 0. The van der Waals surface area contributed by atoms with Gasteiger partial charge in [0.1, 0.15) is 0 Å². The fourth-order valence-corrected chi connectivity index (χ4v) is 0.346. The first kappa shape index (κ1) is 10.1. The highest BCUT2D eigenvalue weighted by Gasteiger charge is 2.18. The second kappa shape index (κ2) is 4.05. The Morgan fingerprint density at radius 1 is 1.64 bits per heavy atom. The van der Waals surface area contributed by atoms with E-state index in [0.29, 0.717) is 0 Å². The highest BCUT2D eigenvalue weighted by molar-refractivity contribution is 6.62. The zero-order valence-electron chi connectivity index (χ0n) is 5.81. The smallest absolute Gasteiger partial charge is 0.463 e. The molecule has 0 unspecified atom stereocenters. The number of carbonyl (C=O) groups is 1. The molecular weight excluding hydrogens is 160 g/mol. The second-order valence-electron chi connectivity index (χ2n) is 1.64. The van der Waals surface area contributed by atoms with E-state index in [2.05, 4.69) is 4.74 Å². The van der Waals surface area contributed by atoms with E-state index in [1.54, 1.807) is 0 Å². The average molecular weight is 166 g/mol. The lowest BCUT2D eigenvalue weighted by Gasteiger charge is -2.05. The number of hydrogen-bond acceptors (Lipinski definition) is 2. The van der Waals surface area contributed by atoms with Crippen LogP contribution >= 0.6 is 0 Å². The second-order valence-corrected chi connectivity index (χ2v) is 1.64. The Hall–Kier alpha value is -0.935. The lowest BCUT2D eigenvalue weighted by atomic mass is 9.92. The molecule has 0 N–H and O–H groups in total. The zero-order chi connectivity index (χ0) is 8.91. The molecule has 63 valence electrons. The SMILES string of the molecule is CCOC(=O)C=[C][B-](F)(F)F. The van der Waals surface area contributed by atoms with Crippen LogP contribution in [0.3, 0.4) is 0 Å². The molecule has 0 saturated carbocycles. The highest BCUT2D eigenvalue weighted by atomic mass is 19.4. The predicted octanol–water partition coefficient (Wildman–Crippen LogP) is 1.30. The van der Waals surface area contributed by atoms with E-state index in [1.165, 1.54) is 6.92 Å². The van der Waals surface area contributed by atoms with Gasteiger partial charge in [0.15, 0.2) is 0 Å². The first-order chi connectivity index (χ1) is 4.95. The summed E-state index contributed by atoms with van der Waals surface area (Å²) < 4.78 is 38.3. The fraction of sp³-hybridized carbons (Fsp3) is 0.400. The first-order valence-electron chi connectivity index (χ1n) is 2.92. The number of hydrogen-bond donors (Lipinski definition) is 0. The molecule has 0 aromatic rings. The van der Waals surface area contributed by atoms with Crippen LogP contribution in [0.15, 0.2) is 6.08 Å². The number of halogens is 3. The summed E-state index contributed by atoms with van der Waals surface area (Å²) in [4.78, 5) is 10.3. The molecule has 0 atom stereocenters. The average Bonchev–Trinajstić information content (AvgIpc) is 1.83. The summed E-state index contributed by atoms with van der Waals surface area (Å²) in [5, 5.41) is 0. The summed E-state index contributed by atoms with van der Waals surface area (Å²) in [6.07, 6.45) is 0.253. The van der Waals surface area contributed by atoms with Crippen LogP contribution < -0.4 is 0 Å². The third-order valence-electron chi connectivity index (χ3n) is 0.677. The van der Waals surface area contributed by atoms with Crippen molar-refractivity contribution in [2.75, 3.05) is 6.61 Å². The predicted molar refractivity (Wildman–Crippen MR) is 33.5 cm³/mol. The maximum absolute atomic E-state index is 11.4. The zero-order valence-corrected chi connectivity index (χ0v) is 5.81. The van der Waals surface area contributed by atoms with Gasteiger partial charge in [0, 0.05) is 0 Å². The fourth-order valence-electron chi connectivity index (χ4n) is 0.346. The minimum atomic E-state index is -5.15. The Labute approximate surface area is 62.1 Å². The molecule has 11 heavy (non-hydrogen) atoms. The molecule has 6 heteroatoms. The summed E-state index contributed by atoms with van der Waals surface area (Å²) >= 11 is 0. The largest absolute Gasteiger partial charge is 0.507 e. The molecule has 0 aromatic carbocycles. The maximum Gasteiger partial charge on any atom is 0.507 e. The standard InChI is InChI=1S/C5H6BF3O2/c1-2-11-5(10)3-4-6(7,8)9/h3H,2H2,1H3/q-1. The van der Waals surface area contributed by atoms with E-state index < -0.39 is 12.9 Å². The van der Waals surface area contributed by atoms with Gasteiger partial charge in [-0.15, -0.1) is 5.98 Å². The van der Waals surface area contributed by atoms with Gasteiger partial charge in [-0.3, -0.25) is 0 Å². The molecule has 0 heterocycles. The van der Waals surface area contributed by atoms with E-state index in [4.69, 9.17) is 0 Å². The number of ether oxygens (including phenoxy) is 1. The van der Waals surface area contributed by atoms with Crippen molar-refractivity contribution in [3.63, 3.8) is 0 Å². The maximum atomic E-state index is 11.4. The molecule has 2 nitrogen and oxygen atoms in total. The molecule has 0 aromatic heterocycles. The van der Waals surface area contributed by atoms with Gasteiger partial charge < -0.3 is 17.7 Å². The van der Waals surface area contributed by atoms with E-state index in [0.717, 1.165) is 5.98 Å². The van der Waals surface area contributed by atoms with E-state index >= 15 is 0 Å². The topological polar surface area (TPSA) is 26.3 Å². The van der Waals surface area contributed by atoms with Crippen molar-refractivity contribution in [2.24, 2.45) is 0 Å². The van der Waals surface area contributed by atoms with Gasteiger partial charge in [0.05, 0.1) is 6.61 Å². The lowest BCUT2D eigenvalue weighted by molar-refractivity contribution is -0.137. The van der Waals surface area contributed by atoms with Crippen molar-refractivity contribution in [1.29, 1.82) is 0 Å². The molecule has 0 spiro atoms. The Kier molecular flexibility index (Phi) is 3.71. The van der Waals surface area contributed by atoms with Crippen molar-refractivity contribution in [3.8, 4) is 0 Å². The van der Waals surface area contributed by atoms with Crippen LogP contribution in [0.1, 0.15) is 6.92 Å². The third-order valence-corrected chi connectivity index (χ3v) is 0.677. The number of carbonyl (C=O) groups excluding carboxylic acids is 1. The van der Waals surface area contributed by atoms with Gasteiger partial charge in [-0.2, -0.15) is 0 Å². The minimum absolute atomic E-state index is 0.0574. The van der Waals surface area contributed by atoms with Gasteiger partial charge in [0.25, 0.3) is 0 Å². The van der Waals surface area contributed by atoms with Crippen LogP contribution in [0.2, 0.25) is 0 Å². The lowest BCUT2D eigenvalue weighted by Crippen LogP contribution is -2.12. The van der Waals surface area contributed by atoms with Gasteiger partial charge in [-0.05, 0) is 13.0 Å². The molecule has 1 radical (unpaired) electrons. The molecule has 0 fully saturated rings. The number of esters is 1. The van der Waals surface area contributed by atoms with E-state index in [9.17, 15) is 17.7 Å². The summed E-state index contributed by atoms with van der Waals surface area (Å²) in [6.45, 7) is -3.59. The van der Waals surface area contributed by atoms with Crippen molar-refractivity contribution < 1.29 is 22.5 Å². The Morgan fingerprint density at radius 3 is 2.55 bits per heavy atom. The Bertz CT molecular complexity index is 164. The molecule has 0 aliphatic heterocycles. The molecule has 0 aliphatic rings. The van der Waals surface area contributed by atoms with Crippen LogP contribution in [-0.2, 0) is 9.53 Å². The molecule has 0 aliphatic carbocycles. The minimum Gasteiger partial charge on any atom is -0.463 e. The van der Waals surface area contributed by atoms with Crippen molar-refractivity contribution in [3.05, 3.63) is 12.1 Å². The first-order valence-corrected chi connectivity index (χ1v) is 2.92. The van der Waals surface area contributed by atoms with Gasteiger partial charge in [-0.25, -0.2) is 4.79 Å². The summed E-state index contributed by atoms with van der Waals surface area (Å²) in [6, 6.07) is 0. The Balaban J connectivity index is 3.83. The van der Waals surface area contributed by atoms with Crippen molar-refractivity contribution in [2.45, 2.75) is 6.92 Å².